The first-order chi connectivity index (χ1) is 8.56. The van der Waals surface area contributed by atoms with Gasteiger partial charge in [-0.25, -0.2) is 4.39 Å². The van der Waals surface area contributed by atoms with Crippen molar-refractivity contribution in [3.63, 3.8) is 0 Å². The molecule has 5 heteroatoms. The van der Waals surface area contributed by atoms with Crippen LogP contribution in [-0.4, -0.2) is 11.3 Å². The molecule has 2 rings (SSSR count). The quantitative estimate of drug-likeness (QED) is 0.505. The Morgan fingerprint density at radius 3 is 2.56 bits per heavy atom. The second-order valence-electron chi connectivity index (χ2n) is 3.67. The fourth-order valence-corrected chi connectivity index (χ4v) is 1.64. The number of aliphatic imine (C=N–C) groups is 1. The number of benzene rings is 2. The van der Waals surface area contributed by atoms with E-state index in [9.17, 15) is 9.50 Å². The van der Waals surface area contributed by atoms with E-state index >= 15 is 0 Å². The van der Waals surface area contributed by atoms with Crippen molar-refractivity contribution in [3.8, 4) is 5.75 Å². The first kappa shape index (κ1) is 12.6. The average molecular weight is 309 g/mol. The molecule has 0 spiro atoms. The molecule has 0 aromatic heterocycles. The molecule has 3 nitrogen and oxygen atoms in total. The molecule has 0 unspecified atom stereocenters. The summed E-state index contributed by atoms with van der Waals surface area (Å²) in [6.07, 6.45) is 1.48. The highest BCUT2D eigenvalue weighted by molar-refractivity contribution is 9.10. The Morgan fingerprint density at radius 1 is 1.22 bits per heavy atom. The molecule has 3 N–H and O–H groups in total. The van der Waals surface area contributed by atoms with Gasteiger partial charge in [-0.05, 0) is 30.3 Å². The summed E-state index contributed by atoms with van der Waals surface area (Å²) in [6.45, 7) is 0. The van der Waals surface area contributed by atoms with E-state index in [0.29, 0.717) is 5.56 Å². The van der Waals surface area contributed by atoms with Crippen molar-refractivity contribution >= 4 is 33.5 Å². The zero-order chi connectivity index (χ0) is 13.1. The highest BCUT2D eigenvalue weighted by Crippen LogP contribution is 2.22. The number of hydrogen-bond acceptors (Lipinski definition) is 3. The first-order valence-electron chi connectivity index (χ1n) is 5.14. The van der Waals surface area contributed by atoms with Gasteiger partial charge in [-0.1, -0.05) is 15.9 Å². The molecule has 0 amide bonds. The number of nitrogens with two attached hydrogens (primary N) is 1. The largest absolute Gasteiger partial charge is 0.505 e. The van der Waals surface area contributed by atoms with Crippen LogP contribution in [0.25, 0.3) is 0 Å². The highest BCUT2D eigenvalue weighted by Gasteiger charge is 2.04. The predicted molar refractivity (Wildman–Crippen MR) is 73.9 cm³/mol. The molecule has 2 aromatic carbocycles. The van der Waals surface area contributed by atoms with Crippen LogP contribution < -0.4 is 5.73 Å². The van der Waals surface area contributed by atoms with Crippen LogP contribution in [0.1, 0.15) is 5.56 Å². The number of nitrogens with zero attached hydrogens (tertiary/aromatic N) is 1. The molecule has 0 aliphatic carbocycles. The summed E-state index contributed by atoms with van der Waals surface area (Å²) in [7, 11) is 0. The summed E-state index contributed by atoms with van der Waals surface area (Å²) in [4.78, 5) is 4.19. The fraction of sp³-hybridized carbons (Fsp3) is 0. The van der Waals surface area contributed by atoms with Crippen molar-refractivity contribution in [2.75, 3.05) is 5.73 Å². The molecular formula is C13H10BrFN2O. The first-order valence-corrected chi connectivity index (χ1v) is 5.93. The summed E-state index contributed by atoms with van der Waals surface area (Å²) in [5.74, 6) is -1.19. The lowest BCUT2D eigenvalue weighted by Crippen LogP contribution is -1.94. The Kier molecular flexibility index (Phi) is 3.62. The maximum Gasteiger partial charge on any atom is 0.166 e. The molecule has 0 heterocycles. The number of rotatable bonds is 2. The van der Waals surface area contributed by atoms with Crippen molar-refractivity contribution in [1.82, 2.24) is 0 Å². The zero-order valence-corrected chi connectivity index (χ0v) is 10.9. The molecule has 0 fully saturated rings. The monoisotopic (exact) mass is 308 g/mol. The summed E-state index contributed by atoms with van der Waals surface area (Å²) >= 11 is 3.32. The van der Waals surface area contributed by atoms with Gasteiger partial charge in [0.1, 0.15) is 0 Å². The van der Waals surface area contributed by atoms with Gasteiger partial charge in [0.2, 0.25) is 0 Å². The van der Waals surface area contributed by atoms with E-state index in [-0.39, 0.29) is 5.69 Å². The summed E-state index contributed by atoms with van der Waals surface area (Å²) in [6, 6.07) is 9.67. The Hall–Kier alpha value is -1.88. The molecule has 18 heavy (non-hydrogen) atoms. The van der Waals surface area contributed by atoms with Crippen LogP contribution in [0.15, 0.2) is 45.9 Å². The maximum absolute atomic E-state index is 13.0. The minimum absolute atomic E-state index is 0.228. The molecule has 0 bridgehead atoms. The van der Waals surface area contributed by atoms with E-state index < -0.39 is 11.6 Å². The molecule has 0 aliphatic rings. The Bertz CT molecular complexity index is 597. The Balaban J connectivity index is 2.28. The van der Waals surface area contributed by atoms with E-state index in [1.807, 2.05) is 24.3 Å². The normalized spacial score (nSPS) is 11.0. The highest BCUT2D eigenvalue weighted by atomic mass is 79.9. The molecule has 0 atom stereocenters. The second-order valence-corrected chi connectivity index (χ2v) is 4.58. The van der Waals surface area contributed by atoms with Crippen LogP contribution in [0.5, 0.6) is 5.75 Å². The number of anilines is 1. The number of phenolic OH excluding ortho intramolecular Hbond substituents is 1. The van der Waals surface area contributed by atoms with E-state index in [1.54, 1.807) is 0 Å². The number of halogens is 2. The third-order valence-electron chi connectivity index (χ3n) is 2.33. The molecule has 0 saturated carbocycles. The third-order valence-corrected chi connectivity index (χ3v) is 2.86. The van der Waals surface area contributed by atoms with E-state index in [2.05, 4.69) is 20.9 Å². The van der Waals surface area contributed by atoms with Crippen LogP contribution in [0.3, 0.4) is 0 Å². The van der Waals surface area contributed by atoms with E-state index in [1.165, 1.54) is 12.3 Å². The standard InChI is InChI=1S/C13H10BrFN2O/c14-9-1-3-10(4-2-9)17-7-8-5-13(18)11(15)6-12(8)16/h1-7,18H,16H2. The van der Waals surface area contributed by atoms with Crippen LogP contribution >= 0.6 is 15.9 Å². The molecule has 0 aliphatic heterocycles. The van der Waals surface area contributed by atoms with Gasteiger partial charge in [-0.15, -0.1) is 0 Å². The molecule has 0 saturated heterocycles. The summed E-state index contributed by atoms with van der Waals surface area (Å²) < 4.78 is 13.9. The van der Waals surface area contributed by atoms with Crippen molar-refractivity contribution in [2.24, 2.45) is 4.99 Å². The molecule has 2 aromatic rings. The Morgan fingerprint density at radius 2 is 1.89 bits per heavy atom. The van der Waals surface area contributed by atoms with Crippen LogP contribution in [0, 0.1) is 5.82 Å². The van der Waals surface area contributed by atoms with Crippen LogP contribution in [0.4, 0.5) is 15.8 Å². The summed E-state index contributed by atoms with van der Waals surface area (Å²) in [5.41, 5.74) is 7.06. The van der Waals surface area contributed by atoms with Gasteiger partial charge in [0, 0.05) is 28.0 Å². The lowest BCUT2D eigenvalue weighted by atomic mass is 10.2. The lowest BCUT2D eigenvalue weighted by Gasteiger charge is -2.02. The van der Waals surface area contributed by atoms with Gasteiger partial charge in [0.05, 0.1) is 5.69 Å². The molecular weight excluding hydrogens is 299 g/mol. The minimum Gasteiger partial charge on any atom is -0.505 e. The van der Waals surface area contributed by atoms with E-state index in [0.717, 1.165) is 16.2 Å². The van der Waals surface area contributed by atoms with Crippen LogP contribution in [-0.2, 0) is 0 Å². The minimum atomic E-state index is -0.742. The number of hydrogen-bond donors (Lipinski definition) is 2. The van der Waals surface area contributed by atoms with Gasteiger partial charge < -0.3 is 10.8 Å². The molecule has 92 valence electrons. The number of phenols is 1. The SMILES string of the molecule is Nc1cc(F)c(O)cc1C=Nc1ccc(Br)cc1. The van der Waals surface area contributed by atoms with Gasteiger partial charge in [0.25, 0.3) is 0 Å². The third kappa shape index (κ3) is 2.87. The second kappa shape index (κ2) is 5.18. The van der Waals surface area contributed by atoms with Crippen molar-refractivity contribution in [2.45, 2.75) is 0 Å². The lowest BCUT2D eigenvalue weighted by molar-refractivity contribution is 0.432. The van der Waals surface area contributed by atoms with Crippen LogP contribution in [0.2, 0.25) is 0 Å². The summed E-state index contributed by atoms with van der Waals surface area (Å²) in [5, 5.41) is 9.26. The average Bonchev–Trinajstić information content (AvgIpc) is 2.34. The molecule has 0 radical (unpaired) electrons. The van der Waals surface area contributed by atoms with Crippen molar-refractivity contribution in [1.29, 1.82) is 0 Å². The fourth-order valence-electron chi connectivity index (χ4n) is 1.38. The van der Waals surface area contributed by atoms with Gasteiger partial charge in [-0.3, -0.25) is 4.99 Å². The smallest absolute Gasteiger partial charge is 0.166 e. The van der Waals surface area contributed by atoms with Crippen molar-refractivity contribution in [3.05, 3.63) is 52.3 Å². The topological polar surface area (TPSA) is 58.6 Å². The van der Waals surface area contributed by atoms with Gasteiger partial charge in [0.15, 0.2) is 11.6 Å². The van der Waals surface area contributed by atoms with Gasteiger partial charge >= 0.3 is 0 Å². The van der Waals surface area contributed by atoms with E-state index in [4.69, 9.17) is 5.73 Å². The number of aromatic hydroxyl groups is 1. The predicted octanol–water partition coefficient (Wildman–Crippen LogP) is 3.63. The number of nitrogen functional groups attached to an aromatic ring is 1. The maximum atomic E-state index is 13.0. The van der Waals surface area contributed by atoms with Gasteiger partial charge in [-0.2, -0.15) is 0 Å². The van der Waals surface area contributed by atoms with Crippen molar-refractivity contribution < 1.29 is 9.50 Å². The Labute approximate surface area is 112 Å². The zero-order valence-electron chi connectivity index (χ0n) is 9.27.